The molecule has 6 nitrogen and oxygen atoms in total. The standard InChI is InChI=1S/C22H18ClFN2O4S/c1-30-20-10-9-15(31(28,29)26-12-11-14-5-2-3-8-19(14)26)13-16(20)22(27)25-18-7-4-6-17(23)21(18)24/h2-10,13H,11-12H2,1H3,(H,25,27). The Labute approximate surface area is 184 Å². The summed E-state index contributed by atoms with van der Waals surface area (Å²) in [6.07, 6.45) is 0.604. The van der Waals surface area contributed by atoms with E-state index in [2.05, 4.69) is 5.32 Å². The second-order valence-corrected chi connectivity index (χ2v) is 9.14. The van der Waals surface area contributed by atoms with Gasteiger partial charge in [0, 0.05) is 6.54 Å². The summed E-state index contributed by atoms with van der Waals surface area (Å²) in [5.74, 6) is -1.36. The Bertz CT molecular complexity index is 1280. The molecule has 160 valence electrons. The number of amides is 1. The van der Waals surface area contributed by atoms with Gasteiger partial charge in [-0.1, -0.05) is 35.9 Å². The molecule has 1 aliphatic rings. The predicted molar refractivity (Wildman–Crippen MR) is 117 cm³/mol. The maximum absolute atomic E-state index is 14.2. The third kappa shape index (κ3) is 3.84. The van der Waals surface area contributed by atoms with Crippen molar-refractivity contribution in [2.24, 2.45) is 0 Å². The molecule has 31 heavy (non-hydrogen) atoms. The zero-order valence-corrected chi connectivity index (χ0v) is 18.0. The number of ether oxygens (including phenoxy) is 1. The van der Waals surface area contributed by atoms with Crippen LogP contribution in [0.5, 0.6) is 5.75 Å². The Kier molecular flexibility index (Phi) is 5.60. The molecule has 0 unspecified atom stereocenters. The van der Waals surface area contributed by atoms with Crippen LogP contribution in [0.4, 0.5) is 15.8 Å². The fourth-order valence-corrected chi connectivity index (χ4v) is 5.20. The first-order valence-electron chi connectivity index (χ1n) is 9.37. The van der Waals surface area contributed by atoms with Crippen molar-refractivity contribution in [3.63, 3.8) is 0 Å². The molecule has 1 aliphatic heterocycles. The molecule has 1 heterocycles. The normalized spacial score (nSPS) is 13.1. The van der Waals surface area contributed by atoms with Crippen LogP contribution in [0, 0.1) is 5.82 Å². The Hall–Kier alpha value is -3.10. The molecular weight excluding hydrogens is 443 g/mol. The average Bonchev–Trinajstić information content (AvgIpc) is 3.21. The minimum absolute atomic E-state index is 0.0459. The molecule has 3 aromatic carbocycles. The number of nitrogens with zero attached hydrogens (tertiary/aromatic N) is 1. The van der Waals surface area contributed by atoms with Crippen molar-refractivity contribution in [3.05, 3.63) is 82.6 Å². The van der Waals surface area contributed by atoms with Crippen LogP contribution in [0.2, 0.25) is 5.02 Å². The van der Waals surface area contributed by atoms with Gasteiger partial charge in [0.1, 0.15) is 5.75 Å². The highest BCUT2D eigenvalue weighted by Gasteiger charge is 2.31. The number of sulfonamides is 1. The highest BCUT2D eigenvalue weighted by Crippen LogP contribution is 2.34. The van der Waals surface area contributed by atoms with Crippen molar-refractivity contribution < 1.29 is 22.3 Å². The summed E-state index contributed by atoms with van der Waals surface area (Å²) in [6.45, 7) is 0.308. The van der Waals surface area contributed by atoms with Crippen LogP contribution in [0.15, 0.2) is 65.6 Å². The van der Waals surface area contributed by atoms with Gasteiger partial charge in [-0.2, -0.15) is 0 Å². The summed E-state index contributed by atoms with van der Waals surface area (Å²) >= 11 is 5.77. The second-order valence-electron chi connectivity index (χ2n) is 6.87. The molecule has 0 saturated carbocycles. The molecular formula is C22H18ClFN2O4S. The highest BCUT2D eigenvalue weighted by atomic mass is 35.5. The monoisotopic (exact) mass is 460 g/mol. The third-order valence-corrected chi connectivity index (χ3v) is 7.15. The molecule has 9 heteroatoms. The summed E-state index contributed by atoms with van der Waals surface area (Å²) in [6, 6.07) is 15.5. The molecule has 0 radical (unpaired) electrons. The zero-order chi connectivity index (χ0) is 22.2. The van der Waals surface area contributed by atoms with Crippen molar-refractivity contribution in [3.8, 4) is 5.75 Å². The van der Waals surface area contributed by atoms with Crippen LogP contribution >= 0.6 is 11.6 Å². The molecule has 3 aromatic rings. The van der Waals surface area contributed by atoms with Gasteiger partial charge in [-0.25, -0.2) is 12.8 Å². The maximum Gasteiger partial charge on any atom is 0.264 e. The Morgan fingerprint density at radius 3 is 2.68 bits per heavy atom. The smallest absolute Gasteiger partial charge is 0.264 e. The Morgan fingerprint density at radius 1 is 1.13 bits per heavy atom. The summed E-state index contributed by atoms with van der Waals surface area (Å²) in [4.78, 5) is 12.8. The van der Waals surface area contributed by atoms with Gasteiger partial charge in [0.2, 0.25) is 0 Å². The van der Waals surface area contributed by atoms with E-state index >= 15 is 0 Å². The van der Waals surface area contributed by atoms with Crippen molar-refractivity contribution in [2.75, 3.05) is 23.3 Å². The lowest BCUT2D eigenvalue weighted by Gasteiger charge is -2.20. The minimum Gasteiger partial charge on any atom is -0.496 e. The summed E-state index contributed by atoms with van der Waals surface area (Å²) in [7, 11) is -2.56. The molecule has 0 saturated heterocycles. The first kappa shape index (κ1) is 21.1. The molecule has 0 atom stereocenters. The number of rotatable bonds is 5. The number of fused-ring (bicyclic) bond motifs is 1. The minimum atomic E-state index is -3.92. The van der Waals surface area contributed by atoms with Gasteiger partial charge in [0.15, 0.2) is 5.82 Å². The largest absolute Gasteiger partial charge is 0.496 e. The number of hydrogen-bond donors (Lipinski definition) is 1. The average molecular weight is 461 g/mol. The van der Waals surface area contributed by atoms with Crippen molar-refractivity contribution in [2.45, 2.75) is 11.3 Å². The summed E-state index contributed by atoms with van der Waals surface area (Å²) < 4.78 is 47.3. The van der Waals surface area contributed by atoms with Crippen molar-refractivity contribution >= 4 is 38.9 Å². The number of nitrogens with one attached hydrogen (secondary N) is 1. The number of carbonyl (C=O) groups excluding carboxylic acids is 1. The van der Waals surface area contributed by atoms with E-state index in [0.717, 1.165) is 5.56 Å². The maximum atomic E-state index is 14.2. The third-order valence-electron chi connectivity index (χ3n) is 5.05. The molecule has 0 fully saturated rings. The van der Waals surface area contributed by atoms with Gasteiger partial charge >= 0.3 is 0 Å². The molecule has 4 rings (SSSR count). The fourth-order valence-electron chi connectivity index (χ4n) is 3.50. The van der Waals surface area contributed by atoms with Crippen LogP contribution < -0.4 is 14.4 Å². The first-order chi connectivity index (χ1) is 14.8. The van der Waals surface area contributed by atoms with Crippen LogP contribution in [-0.2, 0) is 16.4 Å². The van der Waals surface area contributed by atoms with Gasteiger partial charge < -0.3 is 10.1 Å². The van der Waals surface area contributed by atoms with Crippen LogP contribution in [-0.4, -0.2) is 28.0 Å². The quantitative estimate of drug-likeness (QED) is 0.608. The molecule has 1 N–H and O–H groups in total. The fraction of sp³-hybridized carbons (Fsp3) is 0.136. The topological polar surface area (TPSA) is 75.7 Å². The number of halogens is 2. The molecule has 0 aromatic heterocycles. The predicted octanol–water partition coefficient (Wildman–Crippen LogP) is 4.49. The number of carbonyl (C=O) groups is 1. The van der Waals surface area contributed by atoms with Gasteiger partial charge in [0.05, 0.1) is 34.0 Å². The summed E-state index contributed by atoms with van der Waals surface area (Å²) in [5.41, 5.74) is 1.39. The van der Waals surface area contributed by atoms with Crippen molar-refractivity contribution in [1.82, 2.24) is 0 Å². The first-order valence-corrected chi connectivity index (χ1v) is 11.2. The van der Waals surface area contributed by atoms with E-state index < -0.39 is 21.7 Å². The van der Waals surface area contributed by atoms with E-state index in [1.54, 1.807) is 12.1 Å². The van der Waals surface area contributed by atoms with Gasteiger partial charge in [-0.3, -0.25) is 9.10 Å². The lowest BCUT2D eigenvalue weighted by molar-refractivity contribution is 0.102. The SMILES string of the molecule is COc1ccc(S(=O)(=O)N2CCc3ccccc32)cc1C(=O)Nc1cccc(Cl)c1F. The van der Waals surface area contributed by atoms with Gasteiger partial charge in [0.25, 0.3) is 15.9 Å². The Balaban J connectivity index is 1.71. The van der Waals surface area contributed by atoms with E-state index in [-0.39, 0.29) is 26.9 Å². The van der Waals surface area contributed by atoms with Crippen molar-refractivity contribution in [1.29, 1.82) is 0 Å². The van der Waals surface area contributed by atoms with E-state index in [1.165, 1.54) is 47.8 Å². The zero-order valence-electron chi connectivity index (χ0n) is 16.4. The van der Waals surface area contributed by atoms with E-state index in [1.807, 2.05) is 12.1 Å². The number of methoxy groups -OCH3 is 1. The lowest BCUT2D eigenvalue weighted by atomic mass is 10.1. The van der Waals surface area contributed by atoms with Gasteiger partial charge in [-0.05, 0) is 48.4 Å². The molecule has 1 amide bonds. The summed E-state index contributed by atoms with van der Waals surface area (Å²) in [5, 5.41) is 2.27. The van der Waals surface area contributed by atoms with Crippen LogP contribution in [0.25, 0.3) is 0 Å². The number of benzene rings is 3. The van der Waals surface area contributed by atoms with Crippen LogP contribution in [0.3, 0.4) is 0 Å². The molecule has 0 bridgehead atoms. The number of para-hydroxylation sites is 1. The number of anilines is 2. The molecule has 0 spiro atoms. The number of hydrogen-bond acceptors (Lipinski definition) is 4. The van der Waals surface area contributed by atoms with Crippen LogP contribution in [0.1, 0.15) is 15.9 Å². The van der Waals surface area contributed by atoms with E-state index in [9.17, 15) is 17.6 Å². The van der Waals surface area contributed by atoms with E-state index in [4.69, 9.17) is 16.3 Å². The van der Waals surface area contributed by atoms with Gasteiger partial charge in [-0.15, -0.1) is 0 Å². The second kappa shape index (κ2) is 8.20. The highest BCUT2D eigenvalue weighted by molar-refractivity contribution is 7.92. The van der Waals surface area contributed by atoms with E-state index in [0.29, 0.717) is 18.7 Å². The Morgan fingerprint density at radius 2 is 1.90 bits per heavy atom. The molecule has 0 aliphatic carbocycles. The lowest BCUT2D eigenvalue weighted by Crippen LogP contribution is -2.29.